The smallest absolute Gasteiger partial charge is 0.305 e. The van der Waals surface area contributed by atoms with Gasteiger partial charge in [-0.05, 0) is 62.1 Å². The van der Waals surface area contributed by atoms with E-state index in [4.69, 9.17) is 4.98 Å². The number of rotatable bonds is 10. The first-order chi connectivity index (χ1) is 18.6. The van der Waals surface area contributed by atoms with Crippen LogP contribution in [0.1, 0.15) is 92.2 Å². The van der Waals surface area contributed by atoms with E-state index in [0.29, 0.717) is 17.3 Å². The fraction of sp³-hybridized carbons (Fsp3) is 0.516. The number of hydrogen-bond donors (Lipinski definition) is 3. The predicted molar refractivity (Wildman–Crippen MR) is 150 cm³/mol. The Kier molecular flexibility index (Phi) is 8.61. The Morgan fingerprint density at radius 2 is 1.63 bits per heavy atom. The standard InChI is InChI=1S/C31H40N4O3/c36-28(37)21-27(23-13-6-2-7-14-23)34-31(38)25-17-10-20-35-29(25)33-26(19-18-22-11-4-1-5-12-22)30(35)32-24-15-8-3-9-16-24/h1,4-5,10-12,17,20,23-24,27,32H,2-3,6-9,13-16,18-19,21H2,(H,34,38)(H,36,37). The largest absolute Gasteiger partial charge is 0.481 e. The van der Waals surface area contributed by atoms with Crippen LogP contribution in [0.4, 0.5) is 5.82 Å². The Labute approximate surface area is 225 Å². The summed E-state index contributed by atoms with van der Waals surface area (Å²) in [4.78, 5) is 30.3. The number of hydrogen-bond acceptors (Lipinski definition) is 4. The molecule has 5 rings (SSSR count). The van der Waals surface area contributed by atoms with E-state index in [-0.39, 0.29) is 24.3 Å². The highest BCUT2D eigenvalue weighted by Crippen LogP contribution is 2.30. The highest BCUT2D eigenvalue weighted by atomic mass is 16.4. The van der Waals surface area contributed by atoms with Gasteiger partial charge < -0.3 is 15.7 Å². The number of carboxylic acid groups (broad SMARTS) is 1. The van der Waals surface area contributed by atoms with Crippen molar-refractivity contribution in [2.24, 2.45) is 5.92 Å². The molecule has 0 radical (unpaired) electrons. The zero-order valence-electron chi connectivity index (χ0n) is 22.2. The Morgan fingerprint density at radius 1 is 0.921 bits per heavy atom. The molecular formula is C31H40N4O3. The van der Waals surface area contributed by atoms with Crippen molar-refractivity contribution < 1.29 is 14.7 Å². The molecular weight excluding hydrogens is 476 g/mol. The number of carbonyl (C=O) groups excluding carboxylic acids is 1. The first kappa shape index (κ1) is 26.3. The number of anilines is 1. The number of benzene rings is 1. The third-order valence-corrected chi connectivity index (χ3v) is 8.34. The van der Waals surface area contributed by atoms with Gasteiger partial charge in [-0.25, -0.2) is 4.98 Å². The van der Waals surface area contributed by atoms with Crippen molar-refractivity contribution >= 4 is 23.3 Å². The number of imidazole rings is 1. The molecule has 0 spiro atoms. The maximum absolute atomic E-state index is 13.6. The summed E-state index contributed by atoms with van der Waals surface area (Å²) in [6.07, 6.45) is 14.9. The first-order valence-corrected chi connectivity index (χ1v) is 14.4. The monoisotopic (exact) mass is 516 g/mol. The van der Waals surface area contributed by atoms with Crippen LogP contribution in [0.5, 0.6) is 0 Å². The third-order valence-electron chi connectivity index (χ3n) is 8.34. The highest BCUT2D eigenvalue weighted by molar-refractivity contribution is 6.00. The molecule has 202 valence electrons. The summed E-state index contributed by atoms with van der Waals surface area (Å²) in [6, 6.07) is 14.2. The Balaban J connectivity index is 1.44. The molecule has 0 aliphatic heterocycles. The van der Waals surface area contributed by atoms with E-state index in [0.717, 1.165) is 62.9 Å². The summed E-state index contributed by atoms with van der Waals surface area (Å²) in [7, 11) is 0. The van der Waals surface area contributed by atoms with E-state index in [1.165, 1.54) is 31.2 Å². The topological polar surface area (TPSA) is 95.7 Å². The van der Waals surface area contributed by atoms with E-state index in [1.807, 2.05) is 28.8 Å². The second-order valence-corrected chi connectivity index (χ2v) is 11.1. The minimum Gasteiger partial charge on any atom is -0.481 e. The maximum Gasteiger partial charge on any atom is 0.305 e. The van der Waals surface area contributed by atoms with Crippen LogP contribution in [0, 0.1) is 5.92 Å². The van der Waals surface area contributed by atoms with Crippen molar-refractivity contribution in [3.63, 3.8) is 0 Å². The summed E-state index contributed by atoms with van der Waals surface area (Å²) in [5.41, 5.74) is 3.35. The molecule has 2 aromatic heterocycles. The number of pyridine rings is 1. The average molecular weight is 517 g/mol. The number of carbonyl (C=O) groups is 2. The number of aliphatic carboxylic acids is 1. The zero-order chi connectivity index (χ0) is 26.3. The minimum absolute atomic E-state index is 0.0508. The predicted octanol–water partition coefficient (Wildman–Crippen LogP) is 6.02. The lowest BCUT2D eigenvalue weighted by Crippen LogP contribution is -2.42. The highest BCUT2D eigenvalue weighted by Gasteiger charge is 2.29. The van der Waals surface area contributed by atoms with Gasteiger partial charge in [-0.3, -0.25) is 14.0 Å². The minimum atomic E-state index is -0.873. The molecule has 0 bridgehead atoms. The molecule has 38 heavy (non-hydrogen) atoms. The fourth-order valence-electron chi connectivity index (χ4n) is 6.27. The fourth-order valence-corrected chi connectivity index (χ4v) is 6.27. The quantitative estimate of drug-likeness (QED) is 0.306. The van der Waals surface area contributed by atoms with Gasteiger partial charge in [0.25, 0.3) is 5.91 Å². The Hall–Kier alpha value is -3.35. The van der Waals surface area contributed by atoms with Gasteiger partial charge in [0.2, 0.25) is 0 Å². The second-order valence-electron chi connectivity index (χ2n) is 11.1. The van der Waals surface area contributed by atoms with Crippen LogP contribution in [-0.4, -0.2) is 38.5 Å². The molecule has 0 saturated heterocycles. The molecule has 1 amide bonds. The van der Waals surface area contributed by atoms with Crippen molar-refractivity contribution in [3.8, 4) is 0 Å². The van der Waals surface area contributed by atoms with Crippen molar-refractivity contribution in [2.45, 2.75) is 95.6 Å². The van der Waals surface area contributed by atoms with Gasteiger partial charge >= 0.3 is 5.97 Å². The maximum atomic E-state index is 13.6. The normalized spacial score (nSPS) is 17.8. The van der Waals surface area contributed by atoms with Crippen LogP contribution in [0.15, 0.2) is 48.7 Å². The summed E-state index contributed by atoms with van der Waals surface area (Å²) in [5.74, 6) is 0.0680. The van der Waals surface area contributed by atoms with E-state index in [2.05, 4.69) is 34.9 Å². The molecule has 2 saturated carbocycles. The van der Waals surface area contributed by atoms with Crippen molar-refractivity contribution in [1.82, 2.24) is 14.7 Å². The molecule has 7 nitrogen and oxygen atoms in total. The van der Waals surface area contributed by atoms with E-state index in [9.17, 15) is 14.7 Å². The van der Waals surface area contributed by atoms with Crippen LogP contribution in [0.2, 0.25) is 0 Å². The molecule has 7 heteroatoms. The summed E-state index contributed by atoms with van der Waals surface area (Å²) < 4.78 is 2.02. The lowest BCUT2D eigenvalue weighted by atomic mass is 9.82. The molecule has 2 fully saturated rings. The lowest BCUT2D eigenvalue weighted by Gasteiger charge is -2.30. The first-order valence-electron chi connectivity index (χ1n) is 14.4. The van der Waals surface area contributed by atoms with Crippen LogP contribution in [0.25, 0.3) is 5.65 Å². The van der Waals surface area contributed by atoms with Gasteiger partial charge in [-0.15, -0.1) is 0 Å². The molecule has 1 aromatic carbocycles. The number of amides is 1. The summed E-state index contributed by atoms with van der Waals surface area (Å²) >= 11 is 0. The number of carboxylic acids is 1. The number of aryl methyl sites for hydroxylation is 2. The lowest BCUT2D eigenvalue weighted by molar-refractivity contribution is -0.137. The van der Waals surface area contributed by atoms with Crippen LogP contribution in [0.3, 0.4) is 0 Å². The molecule has 3 N–H and O–H groups in total. The van der Waals surface area contributed by atoms with E-state index < -0.39 is 5.97 Å². The molecule has 1 atom stereocenters. The molecule has 1 unspecified atom stereocenters. The SMILES string of the molecule is O=C(O)CC(NC(=O)c1cccn2c(NC3CCCCC3)c(CCc3ccccc3)nc12)C1CCCCC1. The Morgan fingerprint density at radius 3 is 2.34 bits per heavy atom. The number of fused-ring (bicyclic) bond motifs is 1. The molecule has 2 heterocycles. The summed E-state index contributed by atoms with van der Waals surface area (Å²) in [6.45, 7) is 0. The van der Waals surface area contributed by atoms with Gasteiger partial charge in [0.15, 0.2) is 5.65 Å². The number of nitrogens with zero attached hydrogens (tertiary/aromatic N) is 2. The molecule has 2 aliphatic carbocycles. The zero-order valence-corrected chi connectivity index (χ0v) is 22.2. The van der Waals surface area contributed by atoms with Crippen LogP contribution < -0.4 is 10.6 Å². The van der Waals surface area contributed by atoms with Crippen LogP contribution in [-0.2, 0) is 17.6 Å². The van der Waals surface area contributed by atoms with Crippen molar-refractivity contribution in [2.75, 3.05) is 5.32 Å². The average Bonchev–Trinajstić information content (AvgIpc) is 3.30. The van der Waals surface area contributed by atoms with E-state index in [1.54, 1.807) is 0 Å². The van der Waals surface area contributed by atoms with Gasteiger partial charge in [0.1, 0.15) is 5.82 Å². The van der Waals surface area contributed by atoms with Gasteiger partial charge in [-0.1, -0.05) is 68.9 Å². The number of nitrogens with one attached hydrogen (secondary N) is 2. The summed E-state index contributed by atoms with van der Waals surface area (Å²) in [5, 5.41) is 16.4. The van der Waals surface area contributed by atoms with Crippen LogP contribution >= 0.6 is 0 Å². The van der Waals surface area contributed by atoms with Crippen molar-refractivity contribution in [3.05, 3.63) is 65.5 Å². The van der Waals surface area contributed by atoms with E-state index >= 15 is 0 Å². The molecule has 3 aromatic rings. The number of aromatic nitrogens is 2. The van der Waals surface area contributed by atoms with Gasteiger partial charge in [0.05, 0.1) is 17.7 Å². The second kappa shape index (κ2) is 12.5. The molecule has 2 aliphatic rings. The van der Waals surface area contributed by atoms with Crippen molar-refractivity contribution in [1.29, 1.82) is 0 Å². The Bertz CT molecular complexity index is 1230. The van der Waals surface area contributed by atoms with Gasteiger partial charge in [0, 0.05) is 18.3 Å². The van der Waals surface area contributed by atoms with Gasteiger partial charge in [-0.2, -0.15) is 0 Å². The third kappa shape index (κ3) is 6.37.